The number of ether oxygens (including phenoxy) is 3. The summed E-state index contributed by atoms with van der Waals surface area (Å²) in [6.07, 6.45) is -0.783. The van der Waals surface area contributed by atoms with E-state index in [-0.39, 0.29) is 12.4 Å². The fraction of sp³-hybridized carbons (Fsp3) is 0.235. The van der Waals surface area contributed by atoms with E-state index in [0.29, 0.717) is 28.4 Å². The van der Waals surface area contributed by atoms with Gasteiger partial charge in [-0.1, -0.05) is 18.2 Å². The van der Waals surface area contributed by atoms with Crippen LogP contribution >= 0.6 is 0 Å². The summed E-state index contributed by atoms with van der Waals surface area (Å²) in [5.41, 5.74) is -0.940. The number of rotatable bonds is 1. The van der Waals surface area contributed by atoms with Gasteiger partial charge in [0.25, 0.3) is 0 Å². The Morgan fingerprint density at radius 1 is 1.23 bits per heavy atom. The van der Waals surface area contributed by atoms with Gasteiger partial charge in [0.05, 0.1) is 12.7 Å². The fourth-order valence-electron chi connectivity index (χ4n) is 3.03. The molecule has 2 aliphatic rings. The molecule has 5 nitrogen and oxygen atoms in total. The maximum absolute atomic E-state index is 12.9. The van der Waals surface area contributed by atoms with Gasteiger partial charge in [-0.15, -0.1) is 0 Å². The zero-order chi connectivity index (χ0) is 15.3. The Kier molecular flexibility index (Phi) is 2.68. The summed E-state index contributed by atoms with van der Waals surface area (Å²) >= 11 is 0. The molecule has 0 aliphatic carbocycles. The van der Waals surface area contributed by atoms with Crippen molar-refractivity contribution >= 4 is 5.78 Å². The Labute approximate surface area is 127 Å². The molecule has 2 aromatic rings. The molecular weight excluding hydrogens is 284 g/mol. The van der Waals surface area contributed by atoms with Crippen LogP contribution in [0.4, 0.5) is 0 Å². The molecule has 0 radical (unpaired) electrons. The SMILES string of the molecule is COc1ccc2c(c1)OC1COc3ccccc3C1(O)C2=O. The molecule has 2 heterocycles. The second-order valence-electron chi connectivity index (χ2n) is 5.37. The fourth-order valence-corrected chi connectivity index (χ4v) is 3.03. The van der Waals surface area contributed by atoms with E-state index < -0.39 is 11.7 Å². The third-order valence-corrected chi connectivity index (χ3v) is 4.20. The van der Waals surface area contributed by atoms with Gasteiger partial charge in [0.2, 0.25) is 5.78 Å². The van der Waals surface area contributed by atoms with E-state index in [1.807, 2.05) is 0 Å². The van der Waals surface area contributed by atoms with Gasteiger partial charge in [-0.25, -0.2) is 0 Å². The molecule has 0 bridgehead atoms. The van der Waals surface area contributed by atoms with Crippen LogP contribution in [0.2, 0.25) is 0 Å². The van der Waals surface area contributed by atoms with E-state index in [4.69, 9.17) is 14.2 Å². The average Bonchev–Trinajstić information content (AvgIpc) is 2.56. The van der Waals surface area contributed by atoms with Crippen molar-refractivity contribution < 1.29 is 24.1 Å². The quantitative estimate of drug-likeness (QED) is 0.871. The highest BCUT2D eigenvalue weighted by atomic mass is 16.6. The van der Waals surface area contributed by atoms with Gasteiger partial charge in [0.15, 0.2) is 11.7 Å². The minimum absolute atomic E-state index is 0.107. The van der Waals surface area contributed by atoms with E-state index in [1.165, 1.54) is 0 Å². The van der Waals surface area contributed by atoms with Crippen molar-refractivity contribution in [2.75, 3.05) is 13.7 Å². The third kappa shape index (κ3) is 1.60. The van der Waals surface area contributed by atoms with Gasteiger partial charge in [0.1, 0.15) is 23.9 Å². The summed E-state index contributed by atoms with van der Waals surface area (Å²) in [4.78, 5) is 12.9. The summed E-state index contributed by atoms with van der Waals surface area (Å²) in [5.74, 6) is 1.13. The highest BCUT2D eigenvalue weighted by Gasteiger charge is 2.55. The normalized spacial score (nSPS) is 25.2. The third-order valence-electron chi connectivity index (χ3n) is 4.20. The molecule has 2 atom stereocenters. The number of carbonyl (C=O) groups excluding carboxylic acids is 1. The van der Waals surface area contributed by atoms with Crippen LogP contribution in [-0.4, -0.2) is 30.7 Å². The minimum Gasteiger partial charge on any atom is -0.497 e. The van der Waals surface area contributed by atoms with Crippen molar-refractivity contribution in [3.05, 3.63) is 53.6 Å². The second-order valence-corrected chi connectivity index (χ2v) is 5.37. The summed E-state index contributed by atoms with van der Waals surface area (Å²) in [6.45, 7) is 0.107. The van der Waals surface area contributed by atoms with Crippen LogP contribution in [0.1, 0.15) is 15.9 Å². The minimum atomic E-state index is -1.73. The summed E-state index contributed by atoms with van der Waals surface area (Å²) < 4.78 is 16.6. The zero-order valence-electron chi connectivity index (χ0n) is 11.9. The van der Waals surface area contributed by atoms with Crippen LogP contribution in [0, 0.1) is 0 Å². The smallest absolute Gasteiger partial charge is 0.206 e. The lowest BCUT2D eigenvalue weighted by Crippen LogP contribution is -2.57. The van der Waals surface area contributed by atoms with Crippen LogP contribution in [0.5, 0.6) is 17.2 Å². The standard InChI is InChI=1S/C17H14O5/c1-20-10-6-7-11-14(8-10)22-15-9-21-13-5-3-2-4-12(13)17(15,19)16(11)18/h2-8,15,19H,9H2,1H3. The van der Waals surface area contributed by atoms with Crippen LogP contribution in [0.25, 0.3) is 0 Å². The Morgan fingerprint density at radius 2 is 2.05 bits per heavy atom. The zero-order valence-corrected chi connectivity index (χ0v) is 11.9. The first-order valence-corrected chi connectivity index (χ1v) is 6.99. The summed E-state index contributed by atoms with van der Waals surface area (Å²) in [6, 6.07) is 11.9. The average molecular weight is 298 g/mol. The largest absolute Gasteiger partial charge is 0.497 e. The number of hydrogen-bond donors (Lipinski definition) is 1. The predicted molar refractivity (Wildman–Crippen MR) is 77.6 cm³/mol. The summed E-state index contributed by atoms with van der Waals surface area (Å²) in [5, 5.41) is 11.1. The lowest BCUT2D eigenvalue weighted by atomic mass is 9.78. The van der Waals surface area contributed by atoms with Crippen LogP contribution in [-0.2, 0) is 5.60 Å². The molecule has 5 heteroatoms. The molecule has 22 heavy (non-hydrogen) atoms. The van der Waals surface area contributed by atoms with E-state index in [2.05, 4.69) is 0 Å². The monoisotopic (exact) mass is 298 g/mol. The van der Waals surface area contributed by atoms with Gasteiger partial charge >= 0.3 is 0 Å². The molecule has 0 saturated carbocycles. The number of para-hydroxylation sites is 1. The first kappa shape index (κ1) is 13.2. The number of fused-ring (bicyclic) bond motifs is 4. The molecule has 2 aliphatic heterocycles. The molecule has 0 fully saturated rings. The Bertz CT molecular complexity index is 769. The van der Waals surface area contributed by atoms with Gasteiger partial charge < -0.3 is 19.3 Å². The van der Waals surface area contributed by atoms with Gasteiger partial charge in [-0.05, 0) is 18.2 Å². The van der Waals surface area contributed by atoms with E-state index in [0.717, 1.165) is 0 Å². The Hall–Kier alpha value is -2.53. The number of benzene rings is 2. The molecule has 1 N–H and O–H groups in total. The first-order valence-electron chi connectivity index (χ1n) is 6.99. The predicted octanol–water partition coefficient (Wildman–Crippen LogP) is 1.92. The van der Waals surface area contributed by atoms with Crippen molar-refractivity contribution in [1.82, 2.24) is 0 Å². The second kappa shape index (κ2) is 4.48. The molecule has 2 aromatic carbocycles. The lowest BCUT2D eigenvalue weighted by Gasteiger charge is -2.42. The Morgan fingerprint density at radius 3 is 2.86 bits per heavy atom. The van der Waals surface area contributed by atoms with E-state index in [1.54, 1.807) is 49.6 Å². The van der Waals surface area contributed by atoms with Crippen LogP contribution < -0.4 is 14.2 Å². The molecule has 0 spiro atoms. The molecule has 4 rings (SSSR count). The molecule has 112 valence electrons. The number of hydrogen-bond acceptors (Lipinski definition) is 5. The molecule has 2 unspecified atom stereocenters. The number of Topliss-reactive ketones (excluding diaryl/α,β-unsaturated/α-hetero) is 1. The van der Waals surface area contributed by atoms with E-state index >= 15 is 0 Å². The summed E-state index contributed by atoms with van der Waals surface area (Å²) in [7, 11) is 1.54. The number of ketones is 1. The first-order chi connectivity index (χ1) is 10.6. The number of methoxy groups -OCH3 is 1. The maximum atomic E-state index is 12.9. The van der Waals surface area contributed by atoms with Crippen LogP contribution in [0.3, 0.4) is 0 Å². The van der Waals surface area contributed by atoms with Crippen molar-refractivity contribution in [3.8, 4) is 17.2 Å². The van der Waals surface area contributed by atoms with Gasteiger partial charge in [-0.3, -0.25) is 4.79 Å². The van der Waals surface area contributed by atoms with Crippen molar-refractivity contribution in [3.63, 3.8) is 0 Å². The topological polar surface area (TPSA) is 65.0 Å². The lowest BCUT2D eigenvalue weighted by molar-refractivity contribution is -0.0798. The molecule has 0 saturated heterocycles. The van der Waals surface area contributed by atoms with E-state index in [9.17, 15) is 9.90 Å². The highest BCUT2D eigenvalue weighted by Crippen LogP contribution is 2.45. The van der Waals surface area contributed by atoms with Crippen LogP contribution in [0.15, 0.2) is 42.5 Å². The maximum Gasteiger partial charge on any atom is 0.206 e. The molecule has 0 amide bonds. The van der Waals surface area contributed by atoms with Gasteiger partial charge in [-0.2, -0.15) is 0 Å². The molecular formula is C17H14O5. The van der Waals surface area contributed by atoms with Crippen molar-refractivity contribution in [2.24, 2.45) is 0 Å². The number of aliphatic hydroxyl groups is 1. The molecule has 0 aromatic heterocycles. The van der Waals surface area contributed by atoms with Crippen molar-refractivity contribution in [1.29, 1.82) is 0 Å². The Balaban J connectivity index is 1.89. The highest BCUT2D eigenvalue weighted by molar-refractivity contribution is 6.07. The van der Waals surface area contributed by atoms with Crippen molar-refractivity contribution in [2.45, 2.75) is 11.7 Å². The number of carbonyl (C=O) groups is 1. The van der Waals surface area contributed by atoms with Gasteiger partial charge in [0, 0.05) is 11.6 Å².